The Morgan fingerprint density at radius 1 is 1.20 bits per heavy atom. The number of nitrogens with two attached hydrogens (primary N) is 1. The SMILES string of the molecule is NC(CNc1nc(C2CCNCC2)c(C2CCC(F)CC2)c(=O)[nH]1)Cc1cccs1. The Hall–Kier alpha value is -1.77. The average Bonchev–Trinajstić information content (AvgIpc) is 3.26. The Kier molecular flexibility index (Phi) is 7.17. The van der Waals surface area contributed by atoms with Gasteiger partial charge in [-0.05, 0) is 75.4 Å². The van der Waals surface area contributed by atoms with Crippen LogP contribution in [-0.4, -0.2) is 41.8 Å². The number of H-pyrrole nitrogens is 1. The highest BCUT2D eigenvalue weighted by molar-refractivity contribution is 7.09. The molecule has 2 fully saturated rings. The van der Waals surface area contributed by atoms with Crippen molar-refractivity contribution in [3.63, 3.8) is 0 Å². The lowest BCUT2D eigenvalue weighted by atomic mass is 9.80. The molecule has 1 saturated carbocycles. The van der Waals surface area contributed by atoms with E-state index < -0.39 is 6.17 Å². The minimum atomic E-state index is -0.735. The van der Waals surface area contributed by atoms with Crippen LogP contribution in [0.25, 0.3) is 0 Å². The Labute approximate surface area is 180 Å². The Morgan fingerprint density at radius 3 is 2.67 bits per heavy atom. The van der Waals surface area contributed by atoms with Crippen LogP contribution < -0.4 is 21.9 Å². The van der Waals surface area contributed by atoms with Gasteiger partial charge in [0.05, 0.1) is 5.69 Å². The lowest BCUT2D eigenvalue weighted by molar-refractivity contribution is 0.234. The van der Waals surface area contributed by atoms with Crippen molar-refractivity contribution in [2.75, 3.05) is 25.0 Å². The monoisotopic (exact) mass is 433 g/mol. The van der Waals surface area contributed by atoms with Crippen LogP contribution in [0.3, 0.4) is 0 Å². The summed E-state index contributed by atoms with van der Waals surface area (Å²) >= 11 is 1.70. The van der Waals surface area contributed by atoms with Crippen molar-refractivity contribution in [3.05, 3.63) is 44.0 Å². The zero-order valence-corrected chi connectivity index (χ0v) is 18.1. The number of nitrogens with zero attached hydrogens (tertiary/aromatic N) is 1. The number of halogens is 1. The van der Waals surface area contributed by atoms with Crippen molar-refractivity contribution in [3.8, 4) is 0 Å². The quantitative estimate of drug-likeness (QED) is 0.537. The van der Waals surface area contributed by atoms with Crippen molar-refractivity contribution < 1.29 is 4.39 Å². The van der Waals surface area contributed by atoms with Crippen LogP contribution in [0.1, 0.15) is 66.5 Å². The maximum Gasteiger partial charge on any atom is 0.256 e. The first-order valence-electron chi connectivity index (χ1n) is 11.1. The summed E-state index contributed by atoms with van der Waals surface area (Å²) in [5.41, 5.74) is 7.91. The Morgan fingerprint density at radius 2 is 1.97 bits per heavy atom. The molecule has 0 spiro atoms. The summed E-state index contributed by atoms with van der Waals surface area (Å²) in [5.74, 6) is 0.873. The minimum Gasteiger partial charge on any atom is -0.354 e. The number of hydrogen-bond acceptors (Lipinski definition) is 6. The smallest absolute Gasteiger partial charge is 0.256 e. The summed E-state index contributed by atoms with van der Waals surface area (Å²) < 4.78 is 13.7. The van der Waals surface area contributed by atoms with Gasteiger partial charge in [-0.25, -0.2) is 9.37 Å². The molecule has 5 N–H and O–H groups in total. The molecular weight excluding hydrogens is 401 g/mol. The van der Waals surface area contributed by atoms with Crippen molar-refractivity contribution in [1.29, 1.82) is 0 Å². The molecule has 4 rings (SSSR count). The first-order chi connectivity index (χ1) is 14.6. The zero-order valence-electron chi connectivity index (χ0n) is 17.3. The number of rotatable bonds is 7. The van der Waals surface area contributed by atoms with Gasteiger partial charge >= 0.3 is 0 Å². The predicted octanol–water partition coefficient (Wildman–Crippen LogP) is 3.28. The van der Waals surface area contributed by atoms with Crippen molar-refractivity contribution in [1.82, 2.24) is 15.3 Å². The van der Waals surface area contributed by atoms with Gasteiger partial charge in [0.2, 0.25) is 5.95 Å². The molecule has 2 aromatic heterocycles. The molecule has 0 radical (unpaired) electrons. The molecule has 0 bridgehead atoms. The molecule has 2 aliphatic rings. The highest BCUT2D eigenvalue weighted by Crippen LogP contribution is 2.37. The van der Waals surface area contributed by atoms with Crippen LogP contribution in [-0.2, 0) is 6.42 Å². The van der Waals surface area contributed by atoms with Gasteiger partial charge in [0, 0.05) is 28.9 Å². The maximum absolute atomic E-state index is 13.7. The van der Waals surface area contributed by atoms with Gasteiger partial charge in [0.1, 0.15) is 6.17 Å². The highest BCUT2D eigenvalue weighted by atomic mass is 32.1. The normalized spacial score (nSPS) is 23.9. The van der Waals surface area contributed by atoms with Crippen molar-refractivity contribution in [2.45, 2.75) is 69.0 Å². The van der Waals surface area contributed by atoms with Crippen LogP contribution in [0.2, 0.25) is 0 Å². The molecule has 1 unspecified atom stereocenters. The predicted molar refractivity (Wildman–Crippen MR) is 120 cm³/mol. The van der Waals surface area contributed by atoms with E-state index in [2.05, 4.69) is 27.1 Å². The van der Waals surface area contributed by atoms with E-state index in [4.69, 9.17) is 10.7 Å². The Balaban J connectivity index is 1.53. The van der Waals surface area contributed by atoms with E-state index in [1.165, 1.54) is 4.88 Å². The number of thiophene rings is 1. The van der Waals surface area contributed by atoms with Gasteiger partial charge in [-0.3, -0.25) is 9.78 Å². The second kappa shape index (κ2) is 10.0. The topological polar surface area (TPSA) is 95.8 Å². The molecule has 0 aromatic carbocycles. The molecule has 3 heterocycles. The van der Waals surface area contributed by atoms with Crippen LogP contribution in [0.5, 0.6) is 0 Å². The van der Waals surface area contributed by atoms with Crippen LogP contribution in [0, 0.1) is 0 Å². The van der Waals surface area contributed by atoms with Crippen molar-refractivity contribution >= 4 is 17.3 Å². The first-order valence-corrected chi connectivity index (χ1v) is 12.0. The van der Waals surface area contributed by atoms with Crippen LogP contribution in [0.4, 0.5) is 10.3 Å². The summed E-state index contributed by atoms with van der Waals surface area (Å²) in [5, 5.41) is 8.69. The summed E-state index contributed by atoms with van der Waals surface area (Å²) in [4.78, 5) is 22.2. The Bertz CT molecular complexity index is 857. The van der Waals surface area contributed by atoms with Gasteiger partial charge < -0.3 is 16.4 Å². The van der Waals surface area contributed by atoms with Gasteiger partial charge in [0.15, 0.2) is 0 Å². The molecule has 0 amide bonds. The molecular formula is C22H32FN5OS. The molecule has 164 valence electrons. The molecule has 1 saturated heterocycles. The van der Waals surface area contributed by atoms with E-state index in [1.807, 2.05) is 6.07 Å². The maximum atomic E-state index is 13.7. The van der Waals surface area contributed by atoms with E-state index in [-0.39, 0.29) is 23.4 Å². The fourth-order valence-electron chi connectivity index (χ4n) is 4.71. The number of nitrogens with one attached hydrogen (secondary N) is 3. The summed E-state index contributed by atoms with van der Waals surface area (Å²) in [7, 11) is 0. The standard InChI is InChI=1S/C22H32FN5OS/c23-16-5-3-14(4-6-16)19-20(15-7-9-25-10-8-15)27-22(28-21(19)29)26-13-17(24)12-18-2-1-11-30-18/h1-2,11,14-17,25H,3-10,12-13,24H2,(H2,26,27,28,29). The molecule has 1 aliphatic heterocycles. The fourth-order valence-corrected chi connectivity index (χ4v) is 5.51. The van der Waals surface area contributed by atoms with Gasteiger partial charge in [0.25, 0.3) is 5.56 Å². The minimum absolute atomic E-state index is 0.0595. The molecule has 30 heavy (non-hydrogen) atoms. The molecule has 1 aliphatic carbocycles. The molecule has 1 atom stereocenters. The lowest BCUT2D eigenvalue weighted by Crippen LogP contribution is -2.34. The molecule has 6 nitrogen and oxygen atoms in total. The third-order valence-electron chi connectivity index (χ3n) is 6.35. The first kappa shape index (κ1) is 21.5. The molecule has 2 aromatic rings. The lowest BCUT2D eigenvalue weighted by Gasteiger charge is -2.29. The number of anilines is 1. The van der Waals surface area contributed by atoms with E-state index in [9.17, 15) is 9.18 Å². The summed E-state index contributed by atoms with van der Waals surface area (Å²) in [6.45, 7) is 2.41. The average molecular weight is 434 g/mol. The number of hydrogen-bond donors (Lipinski definition) is 4. The van der Waals surface area contributed by atoms with E-state index in [0.29, 0.717) is 25.3 Å². The second-order valence-corrected chi connectivity index (χ2v) is 9.64. The fraction of sp³-hybridized carbons (Fsp3) is 0.636. The summed E-state index contributed by atoms with van der Waals surface area (Å²) in [6, 6.07) is 4.05. The number of piperidine rings is 1. The highest BCUT2D eigenvalue weighted by Gasteiger charge is 2.30. The van der Waals surface area contributed by atoms with Gasteiger partial charge in [-0.1, -0.05) is 6.07 Å². The molecule has 8 heteroatoms. The van der Waals surface area contributed by atoms with E-state index in [1.54, 1.807) is 11.3 Å². The van der Waals surface area contributed by atoms with E-state index >= 15 is 0 Å². The van der Waals surface area contributed by atoms with Crippen LogP contribution in [0.15, 0.2) is 22.3 Å². The van der Waals surface area contributed by atoms with Gasteiger partial charge in [-0.15, -0.1) is 11.3 Å². The zero-order chi connectivity index (χ0) is 20.9. The van der Waals surface area contributed by atoms with Crippen molar-refractivity contribution in [2.24, 2.45) is 5.73 Å². The van der Waals surface area contributed by atoms with E-state index in [0.717, 1.165) is 56.5 Å². The largest absolute Gasteiger partial charge is 0.354 e. The summed E-state index contributed by atoms with van der Waals surface area (Å²) in [6.07, 6.45) is 4.52. The second-order valence-electron chi connectivity index (χ2n) is 8.61. The van der Waals surface area contributed by atoms with Gasteiger partial charge in [-0.2, -0.15) is 0 Å². The number of alkyl halides is 1. The third kappa shape index (κ3) is 5.28. The number of aromatic amines is 1. The number of aromatic nitrogens is 2. The third-order valence-corrected chi connectivity index (χ3v) is 7.25. The van der Waals surface area contributed by atoms with Crippen LogP contribution >= 0.6 is 11.3 Å².